The zero-order chi connectivity index (χ0) is 23.6. The molecule has 1 aliphatic rings. The maximum absolute atomic E-state index is 15.8. The fourth-order valence-electron chi connectivity index (χ4n) is 4.16. The van der Waals surface area contributed by atoms with Crippen molar-refractivity contribution in [1.82, 2.24) is 19.9 Å². The van der Waals surface area contributed by atoms with Crippen LogP contribution in [-0.4, -0.2) is 44.5 Å². The fraction of sp³-hybridized carbons (Fsp3) is 0.333. The van der Waals surface area contributed by atoms with Crippen LogP contribution in [0, 0.1) is 0 Å². The van der Waals surface area contributed by atoms with Gasteiger partial charge in [0.2, 0.25) is 0 Å². The lowest BCUT2D eigenvalue weighted by molar-refractivity contribution is -0.137. The maximum atomic E-state index is 15.8. The van der Waals surface area contributed by atoms with E-state index in [0.717, 1.165) is 12.1 Å². The Bertz CT molecular complexity index is 1110. The van der Waals surface area contributed by atoms with Crippen molar-refractivity contribution < 1.29 is 22.4 Å². The number of carbonyl (C=O) groups is 1. The first-order valence-electron chi connectivity index (χ1n) is 10.6. The van der Waals surface area contributed by atoms with Crippen molar-refractivity contribution in [3.63, 3.8) is 0 Å². The molecule has 1 saturated heterocycles. The summed E-state index contributed by atoms with van der Waals surface area (Å²) < 4.78 is 54.2. The van der Waals surface area contributed by atoms with E-state index in [1.54, 1.807) is 42.4 Å². The number of carbonyl (C=O) groups excluding carboxylic acids is 1. The van der Waals surface area contributed by atoms with Crippen LogP contribution in [0.25, 0.3) is 11.4 Å². The number of pyridine rings is 1. The highest BCUT2D eigenvalue weighted by Crippen LogP contribution is 2.41. The lowest BCUT2D eigenvalue weighted by Gasteiger charge is -2.40. The number of amides is 1. The number of alkyl halides is 4. The van der Waals surface area contributed by atoms with Gasteiger partial charge in [0, 0.05) is 31.4 Å². The summed E-state index contributed by atoms with van der Waals surface area (Å²) in [6, 6.07) is 9.60. The molecular formula is C24H22F4N4O. The van der Waals surface area contributed by atoms with Crippen LogP contribution < -0.4 is 0 Å². The van der Waals surface area contributed by atoms with E-state index in [9.17, 15) is 18.0 Å². The van der Waals surface area contributed by atoms with Gasteiger partial charge in [-0.1, -0.05) is 19.1 Å². The molecular weight excluding hydrogens is 436 g/mol. The van der Waals surface area contributed by atoms with Crippen molar-refractivity contribution in [2.45, 2.75) is 37.5 Å². The Kier molecular flexibility index (Phi) is 6.14. The summed E-state index contributed by atoms with van der Waals surface area (Å²) in [5, 5.41) is 0. The van der Waals surface area contributed by atoms with E-state index in [0.29, 0.717) is 22.5 Å². The Balaban J connectivity index is 1.47. The second kappa shape index (κ2) is 8.88. The third kappa shape index (κ3) is 4.72. The topological polar surface area (TPSA) is 59.0 Å². The first-order valence-corrected chi connectivity index (χ1v) is 10.6. The van der Waals surface area contributed by atoms with Crippen molar-refractivity contribution in [1.29, 1.82) is 0 Å². The van der Waals surface area contributed by atoms with Crippen molar-refractivity contribution in [2.24, 2.45) is 0 Å². The van der Waals surface area contributed by atoms with Gasteiger partial charge >= 0.3 is 6.18 Å². The van der Waals surface area contributed by atoms with Crippen molar-refractivity contribution in [2.75, 3.05) is 13.1 Å². The molecule has 172 valence electrons. The number of benzene rings is 1. The van der Waals surface area contributed by atoms with Gasteiger partial charge in [-0.2, -0.15) is 13.2 Å². The first-order chi connectivity index (χ1) is 15.7. The number of halogens is 4. The Hall–Kier alpha value is -3.36. The number of nitrogens with zero attached hydrogens (tertiary/aromatic N) is 4. The summed E-state index contributed by atoms with van der Waals surface area (Å²) in [7, 11) is 0. The van der Waals surface area contributed by atoms with E-state index in [-0.39, 0.29) is 31.8 Å². The monoisotopic (exact) mass is 458 g/mol. The molecule has 1 amide bonds. The van der Waals surface area contributed by atoms with Crippen LogP contribution in [0.5, 0.6) is 0 Å². The fourth-order valence-corrected chi connectivity index (χ4v) is 4.16. The quantitative estimate of drug-likeness (QED) is 0.498. The van der Waals surface area contributed by atoms with Crippen molar-refractivity contribution in [3.05, 3.63) is 77.9 Å². The molecule has 9 heteroatoms. The van der Waals surface area contributed by atoms with E-state index >= 15 is 4.39 Å². The smallest absolute Gasteiger partial charge is 0.338 e. The van der Waals surface area contributed by atoms with Gasteiger partial charge in [-0.3, -0.25) is 9.78 Å². The molecule has 0 bridgehead atoms. The van der Waals surface area contributed by atoms with Crippen LogP contribution in [0.3, 0.4) is 0 Å². The van der Waals surface area contributed by atoms with E-state index in [1.165, 1.54) is 18.5 Å². The number of piperidine rings is 1. The number of hydrogen-bond donors (Lipinski definition) is 0. The molecule has 0 aliphatic carbocycles. The zero-order valence-electron chi connectivity index (χ0n) is 17.9. The van der Waals surface area contributed by atoms with Gasteiger partial charge in [-0.05, 0) is 48.7 Å². The third-order valence-electron chi connectivity index (χ3n) is 6.26. The second-order valence-electron chi connectivity index (χ2n) is 8.16. The molecule has 3 aromatic rings. The average molecular weight is 458 g/mol. The molecule has 0 unspecified atom stereocenters. The Morgan fingerprint density at radius 1 is 1.03 bits per heavy atom. The van der Waals surface area contributed by atoms with Crippen LogP contribution >= 0.6 is 0 Å². The van der Waals surface area contributed by atoms with E-state index in [1.807, 2.05) is 0 Å². The summed E-state index contributed by atoms with van der Waals surface area (Å²) in [6.45, 7) is 2.06. The molecule has 1 atom stereocenters. The summed E-state index contributed by atoms with van der Waals surface area (Å²) >= 11 is 0. The number of hydrogen-bond acceptors (Lipinski definition) is 4. The standard InChI is InChI=1S/C24H22F4N4O/c1-16(17-4-6-18(7-5-17)24(26,27)28)23(25)9-13-32(14-10-23)22(33)19-3-2-11-30-21(19)20-8-12-29-15-31-20/h2-8,11-12,15-16H,9-10,13-14H2,1H3/t16-/m1/s1. The number of rotatable bonds is 4. The minimum atomic E-state index is -4.43. The molecule has 4 rings (SSSR count). The molecule has 2 aromatic heterocycles. The molecule has 3 heterocycles. The molecule has 5 nitrogen and oxygen atoms in total. The van der Waals surface area contributed by atoms with E-state index in [2.05, 4.69) is 15.0 Å². The van der Waals surface area contributed by atoms with Crippen LogP contribution in [0.2, 0.25) is 0 Å². The normalized spacial score (nSPS) is 16.9. The summed E-state index contributed by atoms with van der Waals surface area (Å²) in [6.07, 6.45) is 0.250. The molecule has 1 fully saturated rings. The van der Waals surface area contributed by atoms with E-state index in [4.69, 9.17) is 0 Å². The van der Waals surface area contributed by atoms with Gasteiger partial charge in [0.25, 0.3) is 5.91 Å². The number of likely N-dealkylation sites (tertiary alicyclic amines) is 1. The highest BCUT2D eigenvalue weighted by Gasteiger charge is 2.42. The number of aromatic nitrogens is 3. The summed E-state index contributed by atoms with van der Waals surface area (Å²) in [5.74, 6) is -0.868. The highest BCUT2D eigenvalue weighted by atomic mass is 19.4. The van der Waals surface area contributed by atoms with Gasteiger partial charge < -0.3 is 4.90 Å². The van der Waals surface area contributed by atoms with Crippen LogP contribution in [0.15, 0.2) is 61.2 Å². The van der Waals surface area contributed by atoms with Crippen LogP contribution in [0.1, 0.15) is 47.2 Å². The Labute approximate surface area is 188 Å². The lowest BCUT2D eigenvalue weighted by atomic mass is 9.78. The predicted octanol–water partition coefficient (Wildman–Crippen LogP) is 5.31. The highest BCUT2D eigenvalue weighted by molar-refractivity contribution is 5.99. The van der Waals surface area contributed by atoms with Gasteiger partial charge in [0.05, 0.1) is 16.8 Å². The first kappa shape index (κ1) is 22.8. The SMILES string of the molecule is C[C@H](c1ccc(C(F)(F)F)cc1)C1(F)CCN(C(=O)c2cccnc2-c2ccncn2)CC1. The van der Waals surface area contributed by atoms with Crippen molar-refractivity contribution in [3.8, 4) is 11.4 Å². The summed E-state index contributed by atoms with van der Waals surface area (Å²) in [5.41, 5.74) is -0.562. The van der Waals surface area contributed by atoms with Gasteiger partial charge in [0.15, 0.2) is 0 Å². The predicted molar refractivity (Wildman–Crippen MR) is 114 cm³/mol. The maximum Gasteiger partial charge on any atom is 0.416 e. The molecule has 0 spiro atoms. The van der Waals surface area contributed by atoms with E-state index < -0.39 is 23.3 Å². The van der Waals surface area contributed by atoms with Gasteiger partial charge in [-0.25, -0.2) is 14.4 Å². The Morgan fingerprint density at radius 3 is 2.33 bits per heavy atom. The van der Waals surface area contributed by atoms with Crippen molar-refractivity contribution >= 4 is 5.91 Å². The average Bonchev–Trinajstić information content (AvgIpc) is 2.84. The second-order valence-corrected chi connectivity index (χ2v) is 8.16. The summed E-state index contributed by atoms with van der Waals surface area (Å²) in [4.78, 5) is 27.1. The largest absolute Gasteiger partial charge is 0.416 e. The van der Waals surface area contributed by atoms with Crippen LogP contribution in [-0.2, 0) is 6.18 Å². The van der Waals surface area contributed by atoms with Gasteiger partial charge in [-0.15, -0.1) is 0 Å². The third-order valence-corrected chi connectivity index (χ3v) is 6.26. The molecule has 33 heavy (non-hydrogen) atoms. The van der Waals surface area contributed by atoms with Crippen LogP contribution in [0.4, 0.5) is 17.6 Å². The molecule has 0 N–H and O–H groups in total. The molecule has 1 aromatic carbocycles. The zero-order valence-corrected chi connectivity index (χ0v) is 17.9. The molecule has 0 saturated carbocycles. The lowest BCUT2D eigenvalue weighted by Crippen LogP contribution is -2.46. The molecule has 0 radical (unpaired) electrons. The minimum absolute atomic E-state index is 0.0873. The molecule has 1 aliphatic heterocycles. The van der Waals surface area contributed by atoms with Gasteiger partial charge in [0.1, 0.15) is 17.7 Å². The Morgan fingerprint density at radius 2 is 1.73 bits per heavy atom. The minimum Gasteiger partial charge on any atom is -0.338 e.